The summed E-state index contributed by atoms with van der Waals surface area (Å²) < 4.78 is 16.2. The zero-order valence-corrected chi connectivity index (χ0v) is 15.1. The van der Waals surface area contributed by atoms with E-state index in [1.165, 1.54) is 14.2 Å². The van der Waals surface area contributed by atoms with Crippen molar-refractivity contribution in [1.82, 2.24) is 0 Å². The Hall–Kier alpha value is -2.47. The van der Waals surface area contributed by atoms with E-state index < -0.39 is 5.97 Å². The van der Waals surface area contributed by atoms with Gasteiger partial charge in [0.2, 0.25) is 0 Å². The molecule has 0 aliphatic heterocycles. The first-order valence-electron chi connectivity index (χ1n) is 7.01. The molecule has 2 rings (SSSR count). The van der Waals surface area contributed by atoms with Gasteiger partial charge in [-0.3, -0.25) is 0 Å². The van der Waals surface area contributed by atoms with Gasteiger partial charge in [0.15, 0.2) is 11.5 Å². The average molecular weight is 393 g/mol. The van der Waals surface area contributed by atoms with Crippen LogP contribution in [0.4, 0.5) is 0 Å². The molecule has 0 spiro atoms. The van der Waals surface area contributed by atoms with Crippen molar-refractivity contribution >= 4 is 33.5 Å². The highest BCUT2D eigenvalue weighted by Crippen LogP contribution is 2.37. The molecule has 0 atom stereocenters. The Bertz CT molecular complexity index is 766. The number of carboxylic acids is 1. The van der Waals surface area contributed by atoms with Crippen molar-refractivity contribution in [3.63, 3.8) is 0 Å². The Labute approximate surface area is 148 Å². The summed E-state index contributed by atoms with van der Waals surface area (Å²) in [6.07, 6.45) is 1.59. The summed E-state index contributed by atoms with van der Waals surface area (Å²) in [7, 11) is 4.60. The first kappa shape index (κ1) is 17.9. The third-order valence-corrected chi connectivity index (χ3v) is 4.08. The predicted octanol–water partition coefficient (Wildman–Crippen LogP) is 4.10. The predicted molar refractivity (Wildman–Crippen MR) is 95.7 cm³/mol. The maximum atomic E-state index is 11.7. The average Bonchev–Trinajstić information content (AvgIpc) is 2.60. The molecule has 1 N–H and O–H groups in total. The van der Waals surface area contributed by atoms with Gasteiger partial charge < -0.3 is 19.3 Å². The molecule has 0 aliphatic carbocycles. The highest BCUT2D eigenvalue weighted by molar-refractivity contribution is 9.10. The molecule has 24 heavy (non-hydrogen) atoms. The Morgan fingerprint density at radius 3 is 2.08 bits per heavy atom. The molecule has 0 amide bonds. The third kappa shape index (κ3) is 3.89. The van der Waals surface area contributed by atoms with E-state index in [1.54, 1.807) is 49.6 Å². The van der Waals surface area contributed by atoms with Gasteiger partial charge in [0, 0.05) is 10.0 Å². The number of rotatable bonds is 6. The fourth-order valence-corrected chi connectivity index (χ4v) is 2.72. The van der Waals surface area contributed by atoms with E-state index >= 15 is 0 Å². The number of benzene rings is 2. The maximum Gasteiger partial charge on any atom is 0.336 e. The van der Waals surface area contributed by atoms with Crippen molar-refractivity contribution in [3.05, 3.63) is 52.0 Å². The summed E-state index contributed by atoms with van der Waals surface area (Å²) in [4.78, 5) is 11.7. The highest BCUT2D eigenvalue weighted by atomic mass is 79.9. The van der Waals surface area contributed by atoms with Crippen LogP contribution in [0.5, 0.6) is 17.2 Å². The normalized spacial score (nSPS) is 11.1. The third-order valence-electron chi connectivity index (χ3n) is 3.42. The van der Waals surface area contributed by atoms with Gasteiger partial charge >= 0.3 is 5.97 Å². The summed E-state index contributed by atoms with van der Waals surface area (Å²) in [5, 5.41) is 9.62. The van der Waals surface area contributed by atoms with E-state index in [-0.39, 0.29) is 5.57 Å². The number of aliphatic carboxylic acids is 1. The van der Waals surface area contributed by atoms with Crippen LogP contribution in [0.25, 0.3) is 11.6 Å². The molecule has 0 unspecified atom stereocenters. The number of methoxy groups -OCH3 is 3. The van der Waals surface area contributed by atoms with E-state index in [0.29, 0.717) is 27.3 Å². The molecule has 0 heterocycles. The molecule has 0 bridgehead atoms. The lowest BCUT2D eigenvalue weighted by Gasteiger charge is -2.12. The smallest absolute Gasteiger partial charge is 0.336 e. The van der Waals surface area contributed by atoms with E-state index in [1.807, 2.05) is 0 Å². The molecule has 126 valence electrons. The van der Waals surface area contributed by atoms with Gasteiger partial charge in [-0.15, -0.1) is 0 Å². The van der Waals surface area contributed by atoms with Crippen LogP contribution in [0.3, 0.4) is 0 Å². The number of hydrogen-bond acceptors (Lipinski definition) is 4. The minimum atomic E-state index is -1.04. The van der Waals surface area contributed by atoms with Crippen LogP contribution in [-0.2, 0) is 4.79 Å². The van der Waals surface area contributed by atoms with Crippen LogP contribution in [-0.4, -0.2) is 32.4 Å². The van der Waals surface area contributed by atoms with Gasteiger partial charge in [0.25, 0.3) is 0 Å². The monoisotopic (exact) mass is 392 g/mol. The molecule has 0 fully saturated rings. The molecule has 0 saturated carbocycles. The van der Waals surface area contributed by atoms with Crippen molar-refractivity contribution in [2.45, 2.75) is 0 Å². The summed E-state index contributed by atoms with van der Waals surface area (Å²) in [5.74, 6) is 0.634. The number of hydrogen-bond donors (Lipinski definition) is 1. The SMILES string of the molecule is COc1ccc(C=C(C(=O)O)c2cc(OC)c(OC)cc2Br)cc1. The van der Waals surface area contributed by atoms with Gasteiger partial charge in [-0.05, 0) is 35.9 Å². The summed E-state index contributed by atoms with van der Waals surface area (Å²) in [6.45, 7) is 0. The summed E-state index contributed by atoms with van der Waals surface area (Å²) in [6, 6.07) is 10.4. The Morgan fingerprint density at radius 1 is 1.00 bits per heavy atom. The number of carbonyl (C=O) groups is 1. The largest absolute Gasteiger partial charge is 0.497 e. The molecule has 0 radical (unpaired) electrons. The van der Waals surface area contributed by atoms with E-state index in [0.717, 1.165) is 5.56 Å². The van der Waals surface area contributed by atoms with Crippen molar-refractivity contribution in [2.24, 2.45) is 0 Å². The topological polar surface area (TPSA) is 65.0 Å². The zero-order chi connectivity index (χ0) is 17.7. The molecule has 0 saturated heterocycles. The van der Waals surface area contributed by atoms with Gasteiger partial charge in [-0.2, -0.15) is 0 Å². The molecule has 2 aromatic rings. The lowest BCUT2D eigenvalue weighted by Crippen LogP contribution is -2.02. The minimum Gasteiger partial charge on any atom is -0.497 e. The van der Waals surface area contributed by atoms with Gasteiger partial charge in [-0.25, -0.2) is 4.79 Å². The minimum absolute atomic E-state index is 0.132. The van der Waals surface area contributed by atoms with Gasteiger partial charge in [0.1, 0.15) is 5.75 Å². The number of ether oxygens (including phenoxy) is 3. The Morgan fingerprint density at radius 2 is 1.58 bits per heavy atom. The van der Waals surface area contributed by atoms with Crippen LogP contribution in [0, 0.1) is 0 Å². The van der Waals surface area contributed by atoms with Crippen LogP contribution >= 0.6 is 15.9 Å². The molecular weight excluding hydrogens is 376 g/mol. The fourth-order valence-electron chi connectivity index (χ4n) is 2.18. The second-order valence-electron chi connectivity index (χ2n) is 4.82. The van der Waals surface area contributed by atoms with Gasteiger partial charge in [-0.1, -0.05) is 28.1 Å². The summed E-state index contributed by atoms with van der Waals surface area (Å²) >= 11 is 3.40. The van der Waals surface area contributed by atoms with Crippen molar-refractivity contribution in [3.8, 4) is 17.2 Å². The molecule has 0 aromatic heterocycles. The van der Waals surface area contributed by atoms with Crippen LogP contribution < -0.4 is 14.2 Å². The van der Waals surface area contributed by atoms with Crippen molar-refractivity contribution in [1.29, 1.82) is 0 Å². The lowest BCUT2D eigenvalue weighted by molar-refractivity contribution is -0.130. The second kappa shape index (κ2) is 7.88. The quantitative estimate of drug-likeness (QED) is 0.592. The van der Waals surface area contributed by atoms with Gasteiger partial charge in [0.05, 0.1) is 26.9 Å². The number of carboxylic acid groups (broad SMARTS) is 1. The molecule has 5 nitrogen and oxygen atoms in total. The van der Waals surface area contributed by atoms with E-state index in [2.05, 4.69) is 15.9 Å². The van der Waals surface area contributed by atoms with Crippen LogP contribution in [0.1, 0.15) is 11.1 Å². The molecule has 2 aromatic carbocycles. The first-order chi connectivity index (χ1) is 11.5. The Kier molecular flexibility index (Phi) is 5.87. The first-order valence-corrected chi connectivity index (χ1v) is 7.80. The van der Waals surface area contributed by atoms with Crippen molar-refractivity contribution in [2.75, 3.05) is 21.3 Å². The van der Waals surface area contributed by atoms with E-state index in [9.17, 15) is 9.90 Å². The van der Waals surface area contributed by atoms with E-state index in [4.69, 9.17) is 14.2 Å². The second-order valence-corrected chi connectivity index (χ2v) is 5.68. The Balaban J connectivity index is 2.54. The molecule has 6 heteroatoms. The zero-order valence-electron chi connectivity index (χ0n) is 13.5. The van der Waals surface area contributed by atoms with Crippen molar-refractivity contribution < 1.29 is 24.1 Å². The molecular formula is C18H17BrO5. The molecule has 0 aliphatic rings. The standard InChI is InChI=1S/C18H17BrO5/c1-22-12-6-4-11(5-7-12)8-14(18(20)21)13-9-16(23-2)17(24-3)10-15(13)19/h4-10H,1-3H3,(H,20,21). The lowest BCUT2D eigenvalue weighted by atomic mass is 10.0. The fraction of sp³-hybridized carbons (Fsp3) is 0.167. The highest BCUT2D eigenvalue weighted by Gasteiger charge is 2.18. The maximum absolute atomic E-state index is 11.7. The van der Waals surface area contributed by atoms with Crippen LogP contribution in [0.15, 0.2) is 40.9 Å². The van der Waals surface area contributed by atoms with Crippen LogP contribution in [0.2, 0.25) is 0 Å². The summed E-state index contributed by atoms with van der Waals surface area (Å²) in [5.41, 5.74) is 1.37. The number of halogens is 1.